The Morgan fingerprint density at radius 1 is 1.35 bits per heavy atom. The number of aryl methyl sites for hydroxylation is 1. The summed E-state index contributed by atoms with van der Waals surface area (Å²) < 4.78 is 13.5. The van der Waals surface area contributed by atoms with Gasteiger partial charge in [-0.3, -0.25) is 0 Å². The van der Waals surface area contributed by atoms with Crippen molar-refractivity contribution in [2.75, 3.05) is 6.61 Å². The van der Waals surface area contributed by atoms with Crippen molar-refractivity contribution in [3.8, 4) is 0 Å². The quantitative estimate of drug-likeness (QED) is 0.800. The SMILES string of the molecule is Cc1ccc(F)c(CNC(CO)CC(C)C)c1. The average molecular weight is 239 g/mol. The van der Waals surface area contributed by atoms with Crippen molar-refractivity contribution in [1.29, 1.82) is 0 Å². The summed E-state index contributed by atoms with van der Waals surface area (Å²) in [5.74, 6) is 0.325. The van der Waals surface area contributed by atoms with Crippen LogP contribution in [0.15, 0.2) is 18.2 Å². The number of hydrogen-bond acceptors (Lipinski definition) is 2. The number of benzene rings is 1. The molecule has 0 aliphatic heterocycles. The molecule has 0 amide bonds. The first kappa shape index (κ1) is 14.1. The summed E-state index contributed by atoms with van der Waals surface area (Å²) >= 11 is 0. The van der Waals surface area contributed by atoms with E-state index in [-0.39, 0.29) is 18.5 Å². The van der Waals surface area contributed by atoms with Crippen molar-refractivity contribution in [2.24, 2.45) is 5.92 Å². The molecular weight excluding hydrogens is 217 g/mol. The highest BCUT2D eigenvalue weighted by molar-refractivity contribution is 5.23. The molecule has 0 fully saturated rings. The fourth-order valence-corrected chi connectivity index (χ4v) is 1.88. The molecule has 0 heterocycles. The van der Waals surface area contributed by atoms with Gasteiger partial charge in [-0.15, -0.1) is 0 Å². The second kappa shape index (κ2) is 6.72. The van der Waals surface area contributed by atoms with Crippen molar-refractivity contribution in [1.82, 2.24) is 5.32 Å². The summed E-state index contributed by atoms with van der Waals surface area (Å²) in [5, 5.41) is 12.4. The molecule has 17 heavy (non-hydrogen) atoms. The zero-order valence-electron chi connectivity index (χ0n) is 10.8. The van der Waals surface area contributed by atoms with Crippen LogP contribution in [0.1, 0.15) is 31.4 Å². The van der Waals surface area contributed by atoms with E-state index in [2.05, 4.69) is 19.2 Å². The van der Waals surface area contributed by atoms with E-state index in [1.807, 2.05) is 13.0 Å². The summed E-state index contributed by atoms with van der Waals surface area (Å²) in [4.78, 5) is 0. The molecule has 1 unspecified atom stereocenters. The zero-order chi connectivity index (χ0) is 12.8. The highest BCUT2D eigenvalue weighted by Gasteiger charge is 2.10. The Morgan fingerprint density at radius 2 is 2.06 bits per heavy atom. The Morgan fingerprint density at radius 3 is 2.65 bits per heavy atom. The first-order chi connectivity index (χ1) is 8.02. The van der Waals surface area contributed by atoms with Gasteiger partial charge in [0.1, 0.15) is 5.82 Å². The van der Waals surface area contributed by atoms with Gasteiger partial charge in [-0.05, 0) is 25.3 Å². The van der Waals surface area contributed by atoms with Gasteiger partial charge in [-0.1, -0.05) is 31.5 Å². The largest absolute Gasteiger partial charge is 0.395 e. The van der Waals surface area contributed by atoms with Crippen molar-refractivity contribution >= 4 is 0 Å². The lowest BCUT2D eigenvalue weighted by Crippen LogP contribution is -2.33. The minimum Gasteiger partial charge on any atom is -0.395 e. The van der Waals surface area contributed by atoms with E-state index in [1.54, 1.807) is 6.07 Å². The van der Waals surface area contributed by atoms with Crippen LogP contribution in [0.25, 0.3) is 0 Å². The predicted octanol–water partition coefficient (Wildman–Crippen LogP) is 2.63. The highest BCUT2D eigenvalue weighted by Crippen LogP contribution is 2.11. The summed E-state index contributed by atoms with van der Waals surface area (Å²) in [6, 6.07) is 5.13. The molecule has 2 N–H and O–H groups in total. The van der Waals surface area contributed by atoms with Crippen LogP contribution in [0.5, 0.6) is 0 Å². The highest BCUT2D eigenvalue weighted by atomic mass is 19.1. The fraction of sp³-hybridized carbons (Fsp3) is 0.571. The van der Waals surface area contributed by atoms with E-state index in [1.165, 1.54) is 6.07 Å². The minimum atomic E-state index is -0.190. The van der Waals surface area contributed by atoms with Crippen LogP contribution in [-0.4, -0.2) is 17.8 Å². The van der Waals surface area contributed by atoms with Gasteiger partial charge in [0.2, 0.25) is 0 Å². The maximum Gasteiger partial charge on any atom is 0.127 e. The summed E-state index contributed by atoms with van der Waals surface area (Å²) in [6.07, 6.45) is 0.893. The smallest absolute Gasteiger partial charge is 0.127 e. The van der Waals surface area contributed by atoms with Gasteiger partial charge in [0.15, 0.2) is 0 Å². The molecule has 0 aliphatic rings. The second-order valence-electron chi connectivity index (χ2n) is 4.98. The monoisotopic (exact) mass is 239 g/mol. The lowest BCUT2D eigenvalue weighted by atomic mass is 10.0. The normalized spacial score (nSPS) is 13.1. The molecule has 96 valence electrons. The predicted molar refractivity (Wildman–Crippen MR) is 68.3 cm³/mol. The van der Waals surface area contributed by atoms with Gasteiger partial charge < -0.3 is 10.4 Å². The minimum absolute atomic E-state index is 0.0370. The molecule has 0 aromatic heterocycles. The third-order valence-electron chi connectivity index (χ3n) is 2.76. The van der Waals surface area contributed by atoms with Gasteiger partial charge in [0.05, 0.1) is 6.61 Å². The molecule has 0 radical (unpaired) electrons. The van der Waals surface area contributed by atoms with Crippen LogP contribution in [0.2, 0.25) is 0 Å². The van der Waals surface area contributed by atoms with Crippen LogP contribution in [0.3, 0.4) is 0 Å². The van der Waals surface area contributed by atoms with Crippen molar-refractivity contribution < 1.29 is 9.50 Å². The van der Waals surface area contributed by atoms with Crippen molar-refractivity contribution in [3.63, 3.8) is 0 Å². The Hall–Kier alpha value is -0.930. The Labute approximate surface area is 103 Å². The lowest BCUT2D eigenvalue weighted by molar-refractivity contribution is 0.223. The number of hydrogen-bond donors (Lipinski definition) is 2. The Kier molecular flexibility index (Phi) is 5.59. The lowest BCUT2D eigenvalue weighted by Gasteiger charge is -2.18. The molecule has 1 atom stereocenters. The van der Waals surface area contributed by atoms with Gasteiger partial charge in [0, 0.05) is 18.2 Å². The summed E-state index contributed by atoms with van der Waals surface area (Å²) in [6.45, 7) is 6.72. The molecule has 0 bridgehead atoms. The van der Waals surface area contributed by atoms with E-state index < -0.39 is 0 Å². The van der Waals surface area contributed by atoms with Crippen molar-refractivity contribution in [3.05, 3.63) is 35.1 Å². The number of aliphatic hydroxyl groups is 1. The number of aliphatic hydroxyl groups excluding tert-OH is 1. The Bertz CT molecular complexity index is 352. The molecule has 0 saturated carbocycles. The molecular formula is C14H22FNO. The number of halogens is 1. The molecule has 0 spiro atoms. The fourth-order valence-electron chi connectivity index (χ4n) is 1.88. The van der Waals surface area contributed by atoms with E-state index in [4.69, 9.17) is 0 Å². The van der Waals surface area contributed by atoms with Crippen LogP contribution in [-0.2, 0) is 6.54 Å². The van der Waals surface area contributed by atoms with Crippen LogP contribution in [0, 0.1) is 18.7 Å². The summed E-state index contributed by atoms with van der Waals surface area (Å²) in [7, 11) is 0. The average Bonchev–Trinajstić information content (AvgIpc) is 2.28. The van der Waals surface area contributed by atoms with Crippen molar-refractivity contribution in [2.45, 2.75) is 39.8 Å². The van der Waals surface area contributed by atoms with Gasteiger partial charge in [0.25, 0.3) is 0 Å². The Balaban J connectivity index is 2.56. The van der Waals surface area contributed by atoms with E-state index in [9.17, 15) is 9.50 Å². The van der Waals surface area contributed by atoms with E-state index in [0.717, 1.165) is 12.0 Å². The molecule has 2 nitrogen and oxygen atoms in total. The third kappa shape index (κ3) is 4.84. The molecule has 3 heteroatoms. The van der Waals surface area contributed by atoms with E-state index in [0.29, 0.717) is 18.0 Å². The molecule has 1 rings (SSSR count). The standard InChI is InChI=1S/C14H22FNO/c1-10(2)6-13(9-17)16-8-12-7-11(3)4-5-14(12)15/h4-5,7,10,13,16-17H,6,8-9H2,1-3H3. The van der Waals surface area contributed by atoms with Crippen LogP contribution in [0.4, 0.5) is 4.39 Å². The maximum absolute atomic E-state index is 13.5. The third-order valence-corrected chi connectivity index (χ3v) is 2.76. The van der Waals surface area contributed by atoms with Crippen LogP contribution >= 0.6 is 0 Å². The first-order valence-electron chi connectivity index (χ1n) is 6.12. The van der Waals surface area contributed by atoms with Gasteiger partial charge in [-0.2, -0.15) is 0 Å². The number of rotatable bonds is 6. The molecule has 1 aromatic carbocycles. The molecule has 1 aromatic rings. The second-order valence-corrected chi connectivity index (χ2v) is 4.98. The summed E-state index contributed by atoms with van der Waals surface area (Å²) in [5.41, 5.74) is 1.71. The first-order valence-corrected chi connectivity index (χ1v) is 6.12. The zero-order valence-corrected chi connectivity index (χ0v) is 10.8. The number of nitrogens with one attached hydrogen (secondary N) is 1. The molecule has 0 aliphatic carbocycles. The van der Waals surface area contributed by atoms with E-state index >= 15 is 0 Å². The topological polar surface area (TPSA) is 32.3 Å². The van der Waals surface area contributed by atoms with Gasteiger partial charge in [-0.25, -0.2) is 4.39 Å². The molecule has 0 saturated heterocycles. The maximum atomic E-state index is 13.5. The van der Waals surface area contributed by atoms with Gasteiger partial charge >= 0.3 is 0 Å². The van der Waals surface area contributed by atoms with Crippen LogP contribution < -0.4 is 5.32 Å².